The highest BCUT2D eigenvalue weighted by Gasteiger charge is 2.26. The zero-order valence-corrected chi connectivity index (χ0v) is 17.7. The van der Waals surface area contributed by atoms with Gasteiger partial charge in [0.15, 0.2) is 5.17 Å². The van der Waals surface area contributed by atoms with Crippen LogP contribution in [0.5, 0.6) is 0 Å². The number of aliphatic imine (C=N–C) groups is 1. The van der Waals surface area contributed by atoms with Crippen molar-refractivity contribution in [2.45, 2.75) is 24.5 Å². The zero-order chi connectivity index (χ0) is 20.1. The van der Waals surface area contributed by atoms with Crippen molar-refractivity contribution >= 4 is 32.6 Å². The second-order valence-electron chi connectivity index (χ2n) is 6.67. The molecule has 2 aromatic carbocycles. The number of benzene rings is 2. The van der Waals surface area contributed by atoms with Crippen LogP contribution in [0.3, 0.4) is 0 Å². The van der Waals surface area contributed by atoms with E-state index >= 15 is 0 Å². The lowest BCUT2D eigenvalue weighted by Crippen LogP contribution is -2.40. The number of nitrogens with two attached hydrogens (primary N) is 1. The van der Waals surface area contributed by atoms with Gasteiger partial charge in [-0.05, 0) is 54.8 Å². The van der Waals surface area contributed by atoms with Gasteiger partial charge in [0.1, 0.15) is 0 Å². The summed E-state index contributed by atoms with van der Waals surface area (Å²) < 4.78 is 32.3. The average Bonchev–Trinajstić information content (AvgIpc) is 2.70. The highest BCUT2D eigenvalue weighted by Crippen LogP contribution is 2.22. The summed E-state index contributed by atoms with van der Waals surface area (Å²) in [6, 6.07) is 13.0. The summed E-state index contributed by atoms with van der Waals surface area (Å²) in [5.41, 5.74) is 10.1. The number of ether oxygens (including phenoxy) is 1. The second-order valence-corrected chi connectivity index (χ2v) is 9.60. The van der Waals surface area contributed by atoms with Crippen LogP contribution >= 0.6 is 11.8 Å². The van der Waals surface area contributed by atoms with Crippen LogP contribution in [0.4, 0.5) is 5.69 Å². The molecule has 0 bridgehead atoms. The fraction of sp³-hybridized carbons (Fsp3) is 0.350. The Kier molecular flexibility index (Phi) is 6.77. The molecule has 28 heavy (non-hydrogen) atoms. The van der Waals surface area contributed by atoms with E-state index in [0.717, 1.165) is 11.3 Å². The predicted molar refractivity (Wildman–Crippen MR) is 115 cm³/mol. The van der Waals surface area contributed by atoms with Crippen molar-refractivity contribution in [3.63, 3.8) is 0 Å². The van der Waals surface area contributed by atoms with E-state index in [9.17, 15) is 8.42 Å². The minimum Gasteiger partial charge on any atom is -0.379 e. The molecular formula is C20H25N3O3S2. The predicted octanol–water partition coefficient (Wildman–Crippen LogP) is 3.20. The molecule has 0 aliphatic carbocycles. The molecule has 0 saturated carbocycles. The first-order chi connectivity index (χ1) is 13.4. The number of thioether (sulfide) groups is 1. The van der Waals surface area contributed by atoms with Gasteiger partial charge in [-0.15, -0.1) is 0 Å². The number of amidine groups is 1. The van der Waals surface area contributed by atoms with Crippen LogP contribution in [0.15, 0.2) is 52.4 Å². The smallest absolute Gasteiger partial charge is 0.243 e. The molecule has 1 aliphatic heterocycles. The van der Waals surface area contributed by atoms with E-state index < -0.39 is 10.0 Å². The SMILES string of the molecule is Cc1ccc(N=C(N)SCc2cccc(S(=O)(=O)N3CCOCC3)c2)cc1C. The fourth-order valence-electron chi connectivity index (χ4n) is 2.84. The van der Waals surface area contributed by atoms with Crippen LogP contribution in [0.25, 0.3) is 0 Å². The number of hydrogen-bond donors (Lipinski definition) is 1. The first kappa shape index (κ1) is 20.9. The molecule has 1 heterocycles. The lowest BCUT2D eigenvalue weighted by Gasteiger charge is -2.26. The Balaban J connectivity index is 1.69. The lowest BCUT2D eigenvalue weighted by molar-refractivity contribution is 0.0730. The Bertz CT molecular complexity index is 968. The van der Waals surface area contributed by atoms with E-state index in [1.54, 1.807) is 18.2 Å². The van der Waals surface area contributed by atoms with Crippen LogP contribution < -0.4 is 5.73 Å². The molecule has 8 heteroatoms. The number of hydrogen-bond acceptors (Lipinski definition) is 5. The van der Waals surface area contributed by atoms with E-state index in [2.05, 4.69) is 11.9 Å². The topological polar surface area (TPSA) is 85.0 Å². The molecule has 0 radical (unpaired) electrons. The minimum absolute atomic E-state index is 0.303. The first-order valence-corrected chi connectivity index (χ1v) is 11.5. The van der Waals surface area contributed by atoms with Crippen LogP contribution in [0, 0.1) is 13.8 Å². The van der Waals surface area contributed by atoms with Gasteiger partial charge in [-0.1, -0.05) is 30.0 Å². The van der Waals surface area contributed by atoms with Gasteiger partial charge in [-0.25, -0.2) is 13.4 Å². The third kappa shape index (κ3) is 5.14. The van der Waals surface area contributed by atoms with Crippen molar-refractivity contribution in [1.82, 2.24) is 4.31 Å². The molecule has 150 valence electrons. The maximum atomic E-state index is 12.8. The largest absolute Gasteiger partial charge is 0.379 e. The Morgan fingerprint density at radius 1 is 1.14 bits per heavy atom. The quantitative estimate of drug-likeness (QED) is 0.594. The Morgan fingerprint density at radius 3 is 2.61 bits per heavy atom. The van der Waals surface area contributed by atoms with Crippen molar-refractivity contribution < 1.29 is 13.2 Å². The molecule has 6 nitrogen and oxygen atoms in total. The number of rotatable bonds is 5. The molecule has 0 aromatic heterocycles. The summed E-state index contributed by atoms with van der Waals surface area (Å²) in [6.45, 7) is 5.73. The summed E-state index contributed by atoms with van der Waals surface area (Å²) in [4.78, 5) is 4.74. The molecule has 1 aliphatic rings. The monoisotopic (exact) mass is 419 g/mol. The van der Waals surface area contributed by atoms with Gasteiger partial charge < -0.3 is 10.5 Å². The van der Waals surface area contributed by atoms with Gasteiger partial charge in [0.25, 0.3) is 0 Å². The van der Waals surface area contributed by atoms with Gasteiger partial charge in [-0.2, -0.15) is 4.31 Å². The number of nitrogens with zero attached hydrogens (tertiary/aromatic N) is 2. The molecule has 2 aromatic rings. The van der Waals surface area contributed by atoms with E-state index in [-0.39, 0.29) is 0 Å². The van der Waals surface area contributed by atoms with Gasteiger partial charge in [0.2, 0.25) is 10.0 Å². The van der Waals surface area contributed by atoms with Gasteiger partial charge in [-0.3, -0.25) is 0 Å². The Morgan fingerprint density at radius 2 is 1.89 bits per heavy atom. The molecule has 0 spiro atoms. The van der Waals surface area contributed by atoms with Crippen molar-refractivity contribution in [3.05, 3.63) is 59.2 Å². The van der Waals surface area contributed by atoms with Crippen LogP contribution in [-0.2, 0) is 20.5 Å². The molecule has 0 amide bonds. The van der Waals surface area contributed by atoms with Crippen LogP contribution in [-0.4, -0.2) is 44.2 Å². The summed E-state index contributed by atoms with van der Waals surface area (Å²) in [5, 5.41) is 0.449. The van der Waals surface area contributed by atoms with E-state index in [4.69, 9.17) is 10.5 Å². The summed E-state index contributed by atoms with van der Waals surface area (Å²) in [5.74, 6) is 0.548. The van der Waals surface area contributed by atoms with Crippen molar-refractivity contribution in [3.8, 4) is 0 Å². The summed E-state index contributed by atoms with van der Waals surface area (Å²) >= 11 is 1.39. The minimum atomic E-state index is -3.50. The Hall–Kier alpha value is -1.87. The summed E-state index contributed by atoms with van der Waals surface area (Å²) in [7, 11) is -3.50. The van der Waals surface area contributed by atoms with E-state index in [0.29, 0.717) is 42.1 Å². The molecule has 3 rings (SSSR count). The molecule has 0 atom stereocenters. The van der Waals surface area contributed by atoms with E-state index in [1.807, 2.05) is 31.2 Å². The van der Waals surface area contributed by atoms with Gasteiger partial charge in [0, 0.05) is 18.8 Å². The first-order valence-electron chi connectivity index (χ1n) is 9.07. The zero-order valence-electron chi connectivity index (χ0n) is 16.1. The van der Waals surface area contributed by atoms with Gasteiger partial charge >= 0.3 is 0 Å². The van der Waals surface area contributed by atoms with Crippen LogP contribution in [0.1, 0.15) is 16.7 Å². The fourth-order valence-corrected chi connectivity index (χ4v) is 4.99. The lowest BCUT2D eigenvalue weighted by atomic mass is 10.1. The van der Waals surface area contributed by atoms with Gasteiger partial charge in [0.05, 0.1) is 23.8 Å². The molecular weight excluding hydrogens is 394 g/mol. The van der Waals surface area contributed by atoms with Crippen molar-refractivity contribution in [1.29, 1.82) is 0 Å². The van der Waals surface area contributed by atoms with E-state index in [1.165, 1.54) is 27.2 Å². The third-order valence-corrected chi connectivity index (χ3v) is 7.38. The normalized spacial score (nSPS) is 16.3. The molecule has 0 unspecified atom stereocenters. The molecule has 1 saturated heterocycles. The second kappa shape index (κ2) is 9.09. The Labute approximate surface area is 170 Å². The van der Waals surface area contributed by atoms with Crippen molar-refractivity contribution in [2.75, 3.05) is 26.3 Å². The number of sulfonamides is 1. The highest BCUT2D eigenvalue weighted by atomic mass is 32.2. The average molecular weight is 420 g/mol. The molecule has 1 fully saturated rings. The maximum Gasteiger partial charge on any atom is 0.243 e. The summed E-state index contributed by atoms with van der Waals surface area (Å²) in [6.07, 6.45) is 0. The van der Waals surface area contributed by atoms with Crippen LogP contribution in [0.2, 0.25) is 0 Å². The highest BCUT2D eigenvalue weighted by molar-refractivity contribution is 8.13. The maximum absolute atomic E-state index is 12.8. The number of aryl methyl sites for hydroxylation is 2. The van der Waals surface area contributed by atoms with Crippen molar-refractivity contribution in [2.24, 2.45) is 10.7 Å². The number of morpholine rings is 1. The third-order valence-electron chi connectivity index (χ3n) is 4.62. The standard InChI is InChI=1S/C20H25N3O3S2/c1-15-6-7-18(12-16(15)2)22-20(21)27-14-17-4-3-5-19(13-17)28(24,25)23-8-10-26-11-9-23/h3-7,12-13H,8-11,14H2,1-2H3,(H2,21,22). The molecule has 2 N–H and O–H groups in total.